The van der Waals surface area contributed by atoms with Gasteiger partial charge in [-0.25, -0.2) is 4.98 Å². The Morgan fingerprint density at radius 1 is 1.15 bits per heavy atom. The van der Waals surface area contributed by atoms with E-state index in [1.807, 2.05) is 0 Å². The molecule has 1 aromatic heterocycles. The molecule has 0 spiro atoms. The number of hydrogen-bond acceptors (Lipinski definition) is 4. The zero-order valence-corrected chi connectivity index (χ0v) is 14.3. The van der Waals surface area contributed by atoms with Crippen LogP contribution in [0, 0.1) is 0 Å². The van der Waals surface area contributed by atoms with E-state index >= 15 is 0 Å². The van der Waals surface area contributed by atoms with Gasteiger partial charge in [0.1, 0.15) is 5.75 Å². The van der Waals surface area contributed by atoms with Crippen LogP contribution < -0.4 is 15.4 Å². The van der Waals surface area contributed by atoms with Gasteiger partial charge in [-0.1, -0.05) is 0 Å². The molecule has 1 aromatic carbocycles. The number of amides is 1. The topological polar surface area (TPSA) is 63.2 Å². The highest BCUT2D eigenvalue weighted by Crippen LogP contribution is 2.30. The number of ether oxygens (including phenoxy) is 1. The smallest absolute Gasteiger partial charge is 0.417 e. The highest BCUT2D eigenvalue weighted by Gasteiger charge is 2.39. The molecule has 8 heteroatoms. The number of halogens is 3. The Bertz CT molecular complexity index is 822. The third-order valence-corrected chi connectivity index (χ3v) is 5.02. The third-order valence-electron chi connectivity index (χ3n) is 5.02. The molecule has 5 nitrogen and oxygen atoms in total. The summed E-state index contributed by atoms with van der Waals surface area (Å²) in [5.41, 5.74) is -0.331. The lowest BCUT2D eigenvalue weighted by atomic mass is 9.95. The predicted octanol–water partition coefficient (Wildman–Crippen LogP) is 3.52. The predicted molar refractivity (Wildman–Crippen MR) is 91.6 cm³/mol. The molecular formula is C19H18F3N3O2. The Hall–Kier alpha value is -2.61. The molecule has 2 fully saturated rings. The van der Waals surface area contributed by atoms with E-state index in [9.17, 15) is 18.0 Å². The lowest BCUT2D eigenvalue weighted by Gasteiger charge is -2.21. The summed E-state index contributed by atoms with van der Waals surface area (Å²) in [4.78, 5) is 16.0. The van der Waals surface area contributed by atoms with Gasteiger partial charge in [0.2, 0.25) is 5.88 Å². The summed E-state index contributed by atoms with van der Waals surface area (Å²) >= 11 is 0. The molecule has 2 aliphatic heterocycles. The van der Waals surface area contributed by atoms with Crippen molar-refractivity contribution >= 4 is 5.91 Å². The van der Waals surface area contributed by atoms with Crippen LogP contribution in [-0.4, -0.2) is 29.0 Å². The van der Waals surface area contributed by atoms with Crippen LogP contribution in [0.1, 0.15) is 35.2 Å². The third kappa shape index (κ3) is 3.90. The Morgan fingerprint density at radius 2 is 1.93 bits per heavy atom. The van der Waals surface area contributed by atoms with Gasteiger partial charge in [0, 0.05) is 36.0 Å². The van der Waals surface area contributed by atoms with Gasteiger partial charge in [-0.15, -0.1) is 0 Å². The minimum absolute atomic E-state index is 0.0493. The van der Waals surface area contributed by atoms with Crippen LogP contribution in [-0.2, 0) is 6.18 Å². The number of carbonyl (C=O) groups is 1. The fourth-order valence-electron chi connectivity index (χ4n) is 3.64. The summed E-state index contributed by atoms with van der Waals surface area (Å²) in [6.45, 7) is 0. The van der Waals surface area contributed by atoms with E-state index in [-0.39, 0.29) is 17.8 Å². The number of pyridine rings is 1. The average molecular weight is 377 g/mol. The fourth-order valence-corrected chi connectivity index (χ4v) is 3.64. The molecule has 2 N–H and O–H groups in total. The molecule has 2 aromatic rings. The lowest BCUT2D eigenvalue weighted by molar-refractivity contribution is -0.137. The van der Waals surface area contributed by atoms with E-state index in [2.05, 4.69) is 15.6 Å². The summed E-state index contributed by atoms with van der Waals surface area (Å²) in [5.74, 6) is 0.294. The van der Waals surface area contributed by atoms with Gasteiger partial charge >= 0.3 is 6.18 Å². The Labute approximate surface area is 153 Å². The molecule has 0 aliphatic carbocycles. The zero-order chi connectivity index (χ0) is 19.0. The Kier molecular flexibility index (Phi) is 4.51. The van der Waals surface area contributed by atoms with Gasteiger partial charge in [-0.3, -0.25) is 4.79 Å². The first kappa shape index (κ1) is 17.8. The minimum Gasteiger partial charge on any atom is -0.439 e. The number of fused-ring (bicyclic) bond motifs is 2. The molecule has 142 valence electrons. The second-order valence-electron chi connectivity index (χ2n) is 6.87. The first-order valence-electron chi connectivity index (χ1n) is 8.76. The van der Waals surface area contributed by atoms with Crippen molar-refractivity contribution in [3.63, 3.8) is 0 Å². The number of rotatable bonds is 4. The van der Waals surface area contributed by atoms with E-state index in [4.69, 9.17) is 4.74 Å². The SMILES string of the molecule is O=C(NC1CC2CCC1N2)c1ccc(Oc2ccc(C(F)(F)F)cn2)cc1. The standard InChI is InChI=1S/C19H18F3N3O2/c20-19(21,22)12-3-8-17(23-10-12)27-14-5-1-11(2-6-14)18(26)25-16-9-13-4-7-15(16)24-13/h1-3,5-6,8,10,13,15-16,24H,4,7,9H2,(H,25,26). The highest BCUT2D eigenvalue weighted by atomic mass is 19.4. The maximum absolute atomic E-state index is 12.5. The molecule has 3 atom stereocenters. The number of nitrogens with one attached hydrogen (secondary N) is 2. The van der Waals surface area contributed by atoms with Crippen LogP contribution >= 0.6 is 0 Å². The molecule has 27 heavy (non-hydrogen) atoms. The summed E-state index contributed by atoms with van der Waals surface area (Å²) < 4.78 is 43.1. The normalized spacial score (nSPS) is 24.0. The zero-order valence-electron chi connectivity index (χ0n) is 14.3. The van der Waals surface area contributed by atoms with Crippen molar-refractivity contribution in [3.05, 3.63) is 53.7 Å². The molecule has 3 unspecified atom stereocenters. The Morgan fingerprint density at radius 3 is 2.48 bits per heavy atom. The second-order valence-corrected chi connectivity index (χ2v) is 6.87. The van der Waals surface area contributed by atoms with Gasteiger partial charge in [-0.2, -0.15) is 13.2 Å². The lowest BCUT2D eigenvalue weighted by Crippen LogP contribution is -2.42. The van der Waals surface area contributed by atoms with Crippen LogP contribution in [0.4, 0.5) is 13.2 Å². The monoisotopic (exact) mass is 377 g/mol. The van der Waals surface area contributed by atoms with Gasteiger partial charge in [0.05, 0.1) is 5.56 Å². The highest BCUT2D eigenvalue weighted by molar-refractivity contribution is 5.94. The van der Waals surface area contributed by atoms with Crippen LogP contribution in [0.25, 0.3) is 0 Å². The quantitative estimate of drug-likeness (QED) is 0.856. The van der Waals surface area contributed by atoms with Gasteiger partial charge < -0.3 is 15.4 Å². The molecular weight excluding hydrogens is 359 g/mol. The molecule has 3 heterocycles. The number of benzene rings is 1. The number of nitrogens with zero attached hydrogens (tertiary/aromatic N) is 1. The van der Waals surface area contributed by atoms with Crippen LogP contribution in [0.2, 0.25) is 0 Å². The van der Waals surface area contributed by atoms with E-state index in [1.165, 1.54) is 6.42 Å². The molecule has 1 amide bonds. The summed E-state index contributed by atoms with van der Waals surface area (Å²) in [6, 6.07) is 9.51. The molecule has 4 rings (SSSR count). The molecule has 2 bridgehead atoms. The molecule has 2 aliphatic rings. The molecule has 0 radical (unpaired) electrons. The average Bonchev–Trinajstić information content (AvgIpc) is 3.25. The van der Waals surface area contributed by atoms with Crippen LogP contribution in [0.15, 0.2) is 42.6 Å². The van der Waals surface area contributed by atoms with Crippen molar-refractivity contribution in [2.75, 3.05) is 0 Å². The van der Waals surface area contributed by atoms with Crippen LogP contribution in [0.3, 0.4) is 0 Å². The Balaban J connectivity index is 1.36. The number of carbonyl (C=O) groups excluding carboxylic acids is 1. The van der Waals surface area contributed by atoms with Crippen LogP contribution in [0.5, 0.6) is 11.6 Å². The first-order chi connectivity index (χ1) is 12.9. The van der Waals surface area contributed by atoms with Gasteiger partial charge in [0.15, 0.2) is 0 Å². The molecule has 0 saturated carbocycles. The largest absolute Gasteiger partial charge is 0.439 e. The van der Waals surface area contributed by atoms with E-state index in [0.717, 1.165) is 31.2 Å². The number of alkyl halides is 3. The maximum Gasteiger partial charge on any atom is 0.417 e. The van der Waals surface area contributed by atoms with E-state index in [0.29, 0.717) is 23.4 Å². The number of aromatic nitrogens is 1. The van der Waals surface area contributed by atoms with Crippen molar-refractivity contribution in [2.24, 2.45) is 0 Å². The van der Waals surface area contributed by atoms with Crippen molar-refractivity contribution in [1.82, 2.24) is 15.6 Å². The van der Waals surface area contributed by atoms with Crippen molar-refractivity contribution in [2.45, 2.75) is 43.6 Å². The van der Waals surface area contributed by atoms with Crippen molar-refractivity contribution in [1.29, 1.82) is 0 Å². The maximum atomic E-state index is 12.5. The summed E-state index contributed by atoms with van der Waals surface area (Å²) in [5, 5.41) is 6.53. The first-order valence-corrected chi connectivity index (χ1v) is 8.76. The van der Waals surface area contributed by atoms with Gasteiger partial charge in [-0.05, 0) is 49.6 Å². The van der Waals surface area contributed by atoms with E-state index < -0.39 is 11.7 Å². The number of hydrogen-bond donors (Lipinski definition) is 2. The minimum atomic E-state index is -4.44. The fraction of sp³-hybridized carbons (Fsp3) is 0.368. The van der Waals surface area contributed by atoms with Gasteiger partial charge in [0.25, 0.3) is 5.91 Å². The summed E-state index contributed by atoms with van der Waals surface area (Å²) in [6.07, 6.45) is -0.504. The second kappa shape index (κ2) is 6.84. The summed E-state index contributed by atoms with van der Waals surface area (Å²) in [7, 11) is 0. The van der Waals surface area contributed by atoms with Crippen molar-refractivity contribution in [3.8, 4) is 11.6 Å². The van der Waals surface area contributed by atoms with Crippen molar-refractivity contribution < 1.29 is 22.7 Å². The molecule has 2 saturated heterocycles. The van der Waals surface area contributed by atoms with E-state index in [1.54, 1.807) is 24.3 Å².